The number of hydrogen-bond acceptors (Lipinski definition) is 3. The van der Waals surface area contributed by atoms with E-state index in [1.54, 1.807) is 4.90 Å². The van der Waals surface area contributed by atoms with E-state index in [1.807, 2.05) is 35.7 Å². The van der Waals surface area contributed by atoms with Crippen molar-refractivity contribution in [3.05, 3.63) is 41.3 Å². The average Bonchev–Trinajstić information content (AvgIpc) is 2.59. The maximum absolute atomic E-state index is 12.5. The lowest BCUT2D eigenvalue weighted by Crippen LogP contribution is -2.47. The van der Waals surface area contributed by atoms with Crippen molar-refractivity contribution < 1.29 is 9.59 Å². The molecule has 1 saturated carbocycles. The minimum Gasteiger partial charge on any atom is -0.352 e. The zero-order chi connectivity index (χ0) is 16.9. The monoisotopic (exact) mass is 344 g/mol. The van der Waals surface area contributed by atoms with Crippen LogP contribution >= 0.6 is 11.8 Å². The van der Waals surface area contributed by atoms with E-state index in [4.69, 9.17) is 0 Å². The lowest BCUT2D eigenvalue weighted by atomic mass is 9.86. The highest BCUT2D eigenvalue weighted by atomic mass is 32.2. The molecule has 2 aliphatic rings. The Morgan fingerprint density at radius 2 is 2.00 bits per heavy atom. The molecule has 2 atom stereocenters. The third-order valence-corrected chi connectivity index (χ3v) is 5.63. The molecule has 1 fully saturated rings. The molecule has 2 unspecified atom stereocenters. The summed E-state index contributed by atoms with van der Waals surface area (Å²) < 4.78 is 0. The molecule has 4 nitrogen and oxygen atoms in total. The number of benzene rings is 1. The topological polar surface area (TPSA) is 49.4 Å². The molecule has 1 N–H and O–H groups in total. The van der Waals surface area contributed by atoms with Gasteiger partial charge in [-0.05, 0) is 29.7 Å². The summed E-state index contributed by atoms with van der Waals surface area (Å²) in [4.78, 5) is 26.5. The van der Waals surface area contributed by atoms with Crippen LogP contribution in [0.3, 0.4) is 0 Å². The first-order chi connectivity index (χ1) is 11.6. The van der Waals surface area contributed by atoms with Gasteiger partial charge in [0.05, 0.1) is 11.4 Å². The summed E-state index contributed by atoms with van der Waals surface area (Å²) in [6.45, 7) is 2.30. The van der Waals surface area contributed by atoms with E-state index >= 15 is 0 Å². The number of nitrogens with one attached hydrogen (secondary N) is 1. The highest BCUT2D eigenvalue weighted by molar-refractivity contribution is 8.03. The van der Waals surface area contributed by atoms with Crippen molar-refractivity contribution in [1.82, 2.24) is 10.2 Å². The lowest BCUT2D eigenvalue weighted by molar-refractivity contribution is -0.131. The number of hydrogen-bond donors (Lipinski definition) is 1. The molecule has 3 rings (SSSR count). The molecule has 2 amide bonds. The van der Waals surface area contributed by atoms with Crippen LogP contribution in [0.2, 0.25) is 0 Å². The maximum atomic E-state index is 12.5. The van der Waals surface area contributed by atoms with E-state index in [9.17, 15) is 9.59 Å². The van der Waals surface area contributed by atoms with Gasteiger partial charge >= 0.3 is 0 Å². The van der Waals surface area contributed by atoms with Crippen molar-refractivity contribution in [1.29, 1.82) is 0 Å². The second kappa shape index (κ2) is 7.88. The Balaban J connectivity index is 1.69. The van der Waals surface area contributed by atoms with Gasteiger partial charge in [-0.1, -0.05) is 50.1 Å². The molecular formula is C19H24N2O2S. The van der Waals surface area contributed by atoms with Crippen molar-refractivity contribution >= 4 is 29.3 Å². The van der Waals surface area contributed by atoms with Crippen LogP contribution in [0.15, 0.2) is 35.7 Å². The van der Waals surface area contributed by atoms with Gasteiger partial charge in [0.25, 0.3) is 0 Å². The summed E-state index contributed by atoms with van der Waals surface area (Å²) in [5, 5.41) is 5.12. The van der Waals surface area contributed by atoms with Crippen LogP contribution in [0.4, 0.5) is 0 Å². The Bertz CT molecular complexity index is 630. The molecule has 0 radical (unpaired) electrons. The lowest BCUT2D eigenvalue weighted by Gasteiger charge is -2.32. The number of thioether (sulfide) groups is 1. The molecule has 1 aliphatic heterocycles. The van der Waals surface area contributed by atoms with Gasteiger partial charge in [-0.3, -0.25) is 9.59 Å². The van der Waals surface area contributed by atoms with Crippen LogP contribution in [0.25, 0.3) is 5.70 Å². The second-order valence-electron chi connectivity index (χ2n) is 6.60. The normalized spacial score (nSPS) is 24.5. The standard InChI is InChI=1S/C19H24N2O2S/c1-14-7-5-6-10-16(14)20-18(22)11-21-17(12-24-13-19(21)23)15-8-3-2-4-9-15/h2-4,8-9,12,14,16H,5-7,10-11,13H2,1H3,(H,20,22). The molecule has 128 valence electrons. The number of amides is 2. The number of carbonyl (C=O) groups is 2. The van der Waals surface area contributed by atoms with Crippen LogP contribution in [0.1, 0.15) is 38.2 Å². The molecule has 1 aromatic rings. The van der Waals surface area contributed by atoms with Gasteiger partial charge in [-0.25, -0.2) is 0 Å². The van der Waals surface area contributed by atoms with Gasteiger partial charge in [-0.2, -0.15) is 0 Å². The highest BCUT2D eigenvalue weighted by Gasteiger charge is 2.28. The molecule has 0 saturated heterocycles. The van der Waals surface area contributed by atoms with Crippen LogP contribution < -0.4 is 5.32 Å². The second-order valence-corrected chi connectivity index (χ2v) is 7.45. The highest BCUT2D eigenvalue weighted by Crippen LogP contribution is 2.28. The molecule has 0 spiro atoms. The molecular weight excluding hydrogens is 320 g/mol. The predicted molar refractivity (Wildman–Crippen MR) is 98.2 cm³/mol. The summed E-state index contributed by atoms with van der Waals surface area (Å²) in [7, 11) is 0. The Morgan fingerprint density at radius 1 is 1.25 bits per heavy atom. The van der Waals surface area contributed by atoms with E-state index in [0.29, 0.717) is 11.7 Å². The quantitative estimate of drug-likeness (QED) is 0.912. The van der Waals surface area contributed by atoms with Gasteiger partial charge < -0.3 is 10.2 Å². The van der Waals surface area contributed by atoms with E-state index in [0.717, 1.165) is 17.7 Å². The van der Waals surface area contributed by atoms with E-state index in [2.05, 4.69) is 12.2 Å². The minimum atomic E-state index is -0.0594. The smallest absolute Gasteiger partial charge is 0.240 e. The molecule has 0 bridgehead atoms. The fraction of sp³-hybridized carbons (Fsp3) is 0.474. The average molecular weight is 344 g/mol. The van der Waals surface area contributed by atoms with Gasteiger partial charge in [0.1, 0.15) is 6.54 Å². The number of rotatable bonds is 4. The first-order valence-electron chi connectivity index (χ1n) is 8.62. The zero-order valence-corrected chi connectivity index (χ0v) is 14.8. The third kappa shape index (κ3) is 4.01. The number of carbonyl (C=O) groups excluding carboxylic acids is 2. The Labute approximate surface area is 147 Å². The van der Waals surface area contributed by atoms with Gasteiger partial charge in [-0.15, -0.1) is 11.8 Å². The summed E-state index contributed by atoms with van der Waals surface area (Å²) in [5.41, 5.74) is 1.79. The van der Waals surface area contributed by atoms with Crippen molar-refractivity contribution in [3.8, 4) is 0 Å². The van der Waals surface area contributed by atoms with Crippen molar-refractivity contribution in [2.45, 2.75) is 38.6 Å². The van der Waals surface area contributed by atoms with Crippen molar-refractivity contribution in [2.24, 2.45) is 5.92 Å². The Hall–Kier alpha value is -1.75. The van der Waals surface area contributed by atoms with Crippen LogP contribution in [0, 0.1) is 5.92 Å². The van der Waals surface area contributed by atoms with E-state index < -0.39 is 0 Å². The Kier molecular flexibility index (Phi) is 5.61. The molecule has 0 aromatic heterocycles. The van der Waals surface area contributed by atoms with E-state index in [-0.39, 0.29) is 24.4 Å². The minimum absolute atomic E-state index is 0.00630. The van der Waals surface area contributed by atoms with Crippen LogP contribution in [-0.2, 0) is 9.59 Å². The summed E-state index contributed by atoms with van der Waals surface area (Å²) in [6.07, 6.45) is 4.62. The van der Waals surface area contributed by atoms with Crippen molar-refractivity contribution in [2.75, 3.05) is 12.3 Å². The predicted octanol–water partition coefficient (Wildman–Crippen LogP) is 3.26. The first-order valence-corrected chi connectivity index (χ1v) is 9.67. The van der Waals surface area contributed by atoms with Crippen LogP contribution in [-0.4, -0.2) is 35.1 Å². The van der Waals surface area contributed by atoms with Gasteiger partial charge in [0.15, 0.2) is 0 Å². The van der Waals surface area contributed by atoms with E-state index in [1.165, 1.54) is 31.0 Å². The van der Waals surface area contributed by atoms with Crippen molar-refractivity contribution in [3.63, 3.8) is 0 Å². The Morgan fingerprint density at radius 3 is 2.75 bits per heavy atom. The maximum Gasteiger partial charge on any atom is 0.240 e. The fourth-order valence-electron chi connectivity index (χ4n) is 3.40. The summed E-state index contributed by atoms with van der Waals surface area (Å²) >= 11 is 1.49. The SMILES string of the molecule is CC1CCCCC1NC(=O)CN1C(=O)CSC=C1c1ccccc1. The fourth-order valence-corrected chi connectivity index (χ4v) is 4.20. The number of nitrogens with zero attached hydrogens (tertiary/aromatic N) is 1. The third-order valence-electron chi connectivity index (χ3n) is 4.82. The molecule has 1 aliphatic carbocycles. The largest absolute Gasteiger partial charge is 0.352 e. The summed E-state index contributed by atoms with van der Waals surface area (Å²) in [6, 6.07) is 10.0. The van der Waals surface area contributed by atoms with Crippen LogP contribution in [0.5, 0.6) is 0 Å². The zero-order valence-electron chi connectivity index (χ0n) is 14.0. The summed E-state index contributed by atoms with van der Waals surface area (Å²) in [5.74, 6) is 0.840. The molecule has 1 heterocycles. The van der Waals surface area contributed by atoms with Gasteiger partial charge in [0, 0.05) is 6.04 Å². The molecule has 1 aromatic carbocycles. The molecule has 24 heavy (non-hydrogen) atoms. The molecule has 5 heteroatoms. The first kappa shape index (κ1) is 17.1. The van der Waals surface area contributed by atoms with Gasteiger partial charge in [0.2, 0.25) is 11.8 Å².